The van der Waals surface area contributed by atoms with Gasteiger partial charge in [-0.15, -0.1) is 0 Å². The molecule has 0 unspecified atom stereocenters. The van der Waals surface area contributed by atoms with E-state index >= 15 is 0 Å². The smallest absolute Gasteiger partial charge is 0.416 e. The third kappa shape index (κ3) is 5.90. The van der Waals surface area contributed by atoms with Crippen molar-refractivity contribution >= 4 is 62.6 Å². The number of carbonyl (C=O) groups is 2. The Morgan fingerprint density at radius 3 is 2.42 bits per heavy atom. The van der Waals surface area contributed by atoms with Gasteiger partial charge in [0.1, 0.15) is 17.5 Å². The van der Waals surface area contributed by atoms with Gasteiger partial charge in [0.25, 0.3) is 0 Å². The zero-order valence-corrected chi connectivity index (χ0v) is 28.5. The molecule has 10 nitrogen and oxygen atoms in total. The SMILES string of the molecule is COC(=O)[C@H]1c2ccc(Br)cc2N(C(=O)OC(C)(C)C)[C@@H]2N(Cc3ccc(OC)cc3)c3c(Cl)cc(Cl)cc3[C@]12CCN=[N+]=[N-]. The number of carbonyl (C=O) groups excluding carboxylic acids is 2. The highest BCUT2D eigenvalue weighted by Gasteiger charge is 2.65. The summed E-state index contributed by atoms with van der Waals surface area (Å²) in [5.74, 6) is -0.786. The van der Waals surface area contributed by atoms with Gasteiger partial charge in [0.15, 0.2) is 0 Å². The number of anilines is 2. The third-order valence-electron chi connectivity index (χ3n) is 8.12. The molecular weight excluding hydrogens is 685 g/mol. The molecule has 0 bridgehead atoms. The lowest BCUT2D eigenvalue weighted by Gasteiger charge is -2.52. The highest BCUT2D eigenvalue weighted by molar-refractivity contribution is 9.10. The topological polar surface area (TPSA) is 117 Å². The van der Waals surface area contributed by atoms with Gasteiger partial charge >= 0.3 is 12.1 Å². The fourth-order valence-corrected chi connectivity index (χ4v) is 7.50. The molecule has 0 N–H and O–H groups in total. The molecule has 0 saturated heterocycles. The molecular formula is C32H32BrCl2N5O5. The molecule has 5 rings (SSSR count). The summed E-state index contributed by atoms with van der Waals surface area (Å²) in [5, 5.41) is 4.56. The number of rotatable bonds is 7. The summed E-state index contributed by atoms with van der Waals surface area (Å²) in [5.41, 5.74) is 10.3. The highest BCUT2D eigenvalue weighted by atomic mass is 79.9. The summed E-state index contributed by atoms with van der Waals surface area (Å²) in [6, 6.07) is 16.3. The normalized spacial score (nSPS) is 20.0. The minimum absolute atomic E-state index is 0.00840. The largest absolute Gasteiger partial charge is 0.497 e. The number of hydrogen-bond acceptors (Lipinski definition) is 7. The van der Waals surface area contributed by atoms with Crippen molar-refractivity contribution in [2.45, 2.75) is 56.8 Å². The van der Waals surface area contributed by atoms with E-state index in [9.17, 15) is 15.1 Å². The summed E-state index contributed by atoms with van der Waals surface area (Å²) < 4.78 is 17.5. The van der Waals surface area contributed by atoms with Crippen molar-refractivity contribution in [1.82, 2.24) is 0 Å². The van der Waals surface area contributed by atoms with Crippen LogP contribution in [-0.4, -0.2) is 44.6 Å². The quantitative estimate of drug-likeness (QED) is 0.104. The van der Waals surface area contributed by atoms with Crippen LogP contribution < -0.4 is 14.5 Å². The number of amides is 1. The van der Waals surface area contributed by atoms with Gasteiger partial charge in [0, 0.05) is 27.5 Å². The molecule has 45 heavy (non-hydrogen) atoms. The van der Waals surface area contributed by atoms with Crippen molar-refractivity contribution < 1.29 is 23.8 Å². The Hall–Kier alpha value is -3.63. The van der Waals surface area contributed by atoms with Gasteiger partial charge < -0.3 is 19.1 Å². The fraction of sp³-hybridized carbons (Fsp3) is 0.375. The van der Waals surface area contributed by atoms with Crippen molar-refractivity contribution in [1.29, 1.82) is 0 Å². The number of nitrogens with zero attached hydrogens (tertiary/aromatic N) is 5. The van der Waals surface area contributed by atoms with Crippen LogP contribution in [0.25, 0.3) is 10.4 Å². The maximum absolute atomic E-state index is 14.4. The maximum atomic E-state index is 14.4. The summed E-state index contributed by atoms with van der Waals surface area (Å²) in [4.78, 5) is 35.0. The van der Waals surface area contributed by atoms with Crippen LogP contribution in [0.2, 0.25) is 10.0 Å². The predicted molar refractivity (Wildman–Crippen MR) is 177 cm³/mol. The maximum Gasteiger partial charge on any atom is 0.416 e. The Balaban J connectivity index is 1.89. The second kappa shape index (κ2) is 12.6. The molecule has 3 aromatic carbocycles. The Labute approximate surface area is 279 Å². The lowest BCUT2D eigenvalue weighted by molar-refractivity contribution is -0.145. The summed E-state index contributed by atoms with van der Waals surface area (Å²) in [6.45, 7) is 5.66. The van der Waals surface area contributed by atoms with E-state index in [1.807, 2.05) is 29.2 Å². The van der Waals surface area contributed by atoms with Crippen molar-refractivity contribution in [2.24, 2.45) is 5.11 Å². The van der Waals surface area contributed by atoms with Gasteiger partial charge in [-0.05, 0) is 85.8 Å². The Morgan fingerprint density at radius 2 is 1.80 bits per heavy atom. The van der Waals surface area contributed by atoms with Gasteiger partial charge in [0.05, 0.1) is 41.9 Å². The predicted octanol–water partition coefficient (Wildman–Crippen LogP) is 8.76. The van der Waals surface area contributed by atoms with E-state index in [0.717, 1.165) is 5.56 Å². The van der Waals surface area contributed by atoms with Gasteiger partial charge in [-0.1, -0.05) is 62.4 Å². The number of hydrogen-bond donors (Lipinski definition) is 0. The molecule has 3 aromatic rings. The van der Waals surface area contributed by atoms with Crippen LogP contribution in [0.3, 0.4) is 0 Å². The minimum atomic E-state index is -1.24. The second-order valence-electron chi connectivity index (χ2n) is 11.9. The first-order valence-corrected chi connectivity index (χ1v) is 15.7. The van der Waals surface area contributed by atoms with Gasteiger partial charge in [-0.3, -0.25) is 9.69 Å². The Kier molecular flexibility index (Phi) is 9.20. The van der Waals surface area contributed by atoms with Crippen LogP contribution in [0.1, 0.15) is 49.8 Å². The van der Waals surface area contributed by atoms with Gasteiger partial charge in [-0.25, -0.2) is 4.79 Å². The average molecular weight is 717 g/mol. The van der Waals surface area contributed by atoms with Crippen molar-refractivity contribution in [3.8, 4) is 5.75 Å². The molecule has 2 aliphatic heterocycles. The molecule has 0 aromatic heterocycles. The lowest BCUT2D eigenvalue weighted by Crippen LogP contribution is -2.64. The van der Waals surface area contributed by atoms with Crippen LogP contribution in [0, 0.1) is 0 Å². The zero-order valence-electron chi connectivity index (χ0n) is 25.4. The standard InChI is InChI=1S/C32H32BrCl2N5O5/c1-31(2,3)45-30(42)40-25-14-19(33)8-11-22(25)26(28(41)44-5)32(12-13-37-38-36)23-15-20(34)16-24(35)27(23)39(29(32)40)17-18-6-9-21(43-4)10-7-18/h6-11,14-16,26,29H,12-13,17H2,1-5H3/t26-,29+,32-/m1/s1. The summed E-state index contributed by atoms with van der Waals surface area (Å²) in [6.07, 6.45) is -1.36. The average Bonchev–Trinajstić information content (AvgIpc) is 3.24. The van der Waals surface area contributed by atoms with E-state index in [4.69, 9.17) is 37.4 Å². The van der Waals surface area contributed by atoms with E-state index in [2.05, 4.69) is 26.0 Å². The van der Waals surface area contributed by atoms with Gasteiger partial charge in [0.2, 0.25) is 0 Å². The second-order valence-corrected chi connectivity index (χ2v) is 13.6. The van der Waals surface area contributed by atoms with Crippen LogP contribution in [-0.2, 0) is 26.2 Å². The summed E-state index contributed by atoms with van der Waals surface area (Å²) in [7, 11) is 2.92. The molecule has 13 heteroatoms. The molecule has 1 amide bonds. The Morgan fingerprint density at radius 1 is 1.09 bits per heavy atom. The number of fused-ring (bicyclic) bond motifs is 4. The molecule has 2 aliphatic rings. The highest BCUT2D eigenvalue weighted by Crippen LogP contribution is 2.63. The van der Waals surface area contributed by atoms with Crippen molar-refractivity contribution in [3.63, 3.8) is 0 Å². The molecule has 0 aliphatic carbocycles. The zero-order chi connectivity index (χ0) is 32.7. The summed E-state index contributed by atoms with van der Waals surface area (Å²) >= 11 is 17.2. The number of ether oxygens (including phenoxy) is 3. The number of methoxy groups -OCH3 is 2. The van der Waals surface area contributed by atoms with Crippen molar-refractivity contribution in [3.05, 3.63) is 96.2 Å². The first-order chi connectivity index (χ1) is 21.4. The van der Waals surface area contributed by atoms with E-state index in [-0.39, 0.29) is 19.5 Å². The van der Waals surface area contributed by atoms with E-state index in [0.29, 0.717) is 42.8 Å². The first kappa shape index (κ1) is 32.8. The van der Waals surface area contributed by atoms with Gasteiger partial charge in [-0.2, -0.15) is 0 Å². The Bertz CT molecular complexity index is 1690. The fourth-order valence-electron chi connectivity index (χ4n) is 6.55. The lowest BCUT2D eigenvalue weighted by atomic mass is 9.62. The van der Waals surface area contributed by atoms with Crippen LogP contribution in [0.5, 0.6) is 5.75 Å². The van der Waals surface area contributed by atoms with E-state index in [1.165, 1.54) is 7.11 Å². The van der Waals surface area contributed by atoms with Crippen LogP contribution >= 0.6 is 39.1 Å². The number of halogens is 3. The van der Waals surface area contributed by atoms with Crippen LogP contribution in [0.4, 0.5) is 16.2 Å². The molecule has 3 atom stereocenters. The first-order valence-electron chi connectivity index (χ1n) is 14.2. The number of esters is 1. The molecule has 0 radical (unpaired) electrons. The monoisotopic (exact) mass is 715 g/mol. The molecule has 0 spiro atoms. The van der Waals surface area contributed by atoms with Crippen LogP contribution in [0.15, 0.2) is 64.2 Å². The minimum Gasteiger partial charge on any atom is -0.497 e. The number of azide groups is 1. The molecule has 0 fully saturated rings. The van der Waals surface area contributed by atoms with E-state index < -0.39 is 35.2 Å². The third-order valence-corrected chi connectivity index (χ3v) is 9.12. The van der Waals surface area contributed by atoms with Crippen molar-refractivity contribution in [2.75, 3.05) is 30.6 Å². The molecule has 236 valence electrons. The molecule has 0 saturated carbocycles. The number of benzene rings is 3. The van der Waals surface area contributed by atoms with E-state index in [1.54, 1.807) is 63.1 Å². The molecule has 2 heterocycles.